The molecule has 0 radical (unpaired) electrons. The second-order valence-corrected chi connectivity index (χ2v) is 8.99. The molecule has 0 saturated carbocycles. The van der Waals surface area contributed by atoms with Crippen molar-refractivity contribution in [1.29, 1.82) is 0 Å². The summed E-state index contributed by atoms with van der Waals surface area (Å²) < 4.78 is 27.4. The molecule has 24 heavy (non-hydrogen) atoms. The standard InChI is InChI=1S/C18H26N2O3S/c1-4-18(21)20-14(3)11-15-12-16(5-6-17(15)20)24(22,23)19-9-7-13(2)8-10-19/h5-6,12-14H,4,7-11H2,1-3H3/t14-/m1/s1. The number of carbonyl (C=O) groups is 1. The summed E-state index contributed by atoms with van der Waals surface area (Å²) >= 11 is 0. The van der Waals surface area contributed by atoms with Gasteiger partial charge in [0, 0.05) is 31.2 Å². The molecule has 0 bridgehead atoms. The predicted octanol–water partition coefficient (Wildman–Crippen LogP) is 2.79. The van der Waals surface area contributed by atoms with Gasteiger partial charge < -0.3 is 4.90 Å². The number of hydrogen-bond acceptors (Lipinski definition) is 3. The minimum Gasteiger partial charge on any atom is -0.309 e. The quantitative estimate of drug-likeness (QED) is 0.842. The van der Waals surface area contributed by atoms with Gasteiger partial charge in [-0.2, -0.15) is 4.31 Å². The summed E-state index contributed by atoms with van der Waals surface area (Å²) in [6.07, 6.45) is 3.00. The van der Waals surface area contributed by atoms with E-state index in [1.807, 2.05) is 13.8 Å². The molecule has 132 valence electrons. The van der Waals surface area contributed by atoms with Gasteiger partial charge in [0.25, 0.3) is 0 Å². The molecule has 2 heterocycles. The molecule has 2 aliphatic heterocycles. The normalized spacial score (nSPS) is 22.6. The fourth-order valence-corrected chi connectivity index (χ4v) is 5.21. The van der Waals surface area contributed by atoms with Crippen molar-refractivity contribution in [3.05, 3.63) is 23.8 Å². The summed E-state index contributed by atoms with van der Waals surface area (Å²) in [6, 6.07) is 5.30. The van der Waals surface area contributed by atoms with Gasteiger partial charge in [0.15, 0.2) is 0 Å². The van der Waals surface area contributed by atoms with Gasteiger partial charge in [0.2, 0.25) is 15.9 Å². The van der Waals surface area contributed by atoms with Gasteiger partial charge in [-0.05, 0) is 55.9 Å². The molecule has 0 spiro atoms. The van der Waals surface area contributed by atoms with Crippen molar-refractivity contribution >= 4 is 21.6 Å². The first-order valence-corrected chi connectivity index (χ1v) is 10.2. The number of piperidine rings is 1. The monoisotopic (exact) mass is 350 g/mol. The van der Waals surface area contributed by atoms with E-state index in [0.717, 1.165) is 24.1 Å². The molecule has 5 nitrogen and oxygen atoms in total. The van der Waals surface area contributed by atoms with E-state index >= 15 is 0 Å². The summed E-state index contributed by atoms with van der Waals surface area (Å²) in [5, 5.41) is 0. The predicted molar refractivity (Wildman–Crippen MR) is 94.5 cm³/mol. The number of fused-ring (bicyclic) bond motifs is 1. The zero-order valence-electron chi connectivity index (χ0n) is 14.7. The van der Waals surface area contributed by atoms with Crippen molar-refractivity contribution in [3.8, 4) is 0 Å². The van der Waals surface area contributed by atoms with Gasteiger partial charge in [-0.1, -0.05) is 13.8 Å². The Morgan fingerprint density at radius 2 is 1.88 bits per heavy atom. The largest absolute Gasteiger partial charge is 0.309 e. The molecule has 3 rings (SSSR count). The summed E-state index contributed by atoms with van der Waals surface area (Å²) in [4.78, 5) is 14.3. The van der Waals surface area contributed by atoms with Crippen LogP contribution in [0.3, 0.4) is 0 Å². The van der Waals surface area contributed by atoms with Crippen LogP contribution in [-0.4, -0.2) is 37.8 Å². The molecule has 0 aromatic heterocycles. The number of nitrogens with zero attached hydrogens (tertiary/aromatic N) is 2. The topological polar surface area (TPSA) is 57.7 Å². The molecule has 1 amide bonds. The molecule has 1 fully saturated rings. The van der Waals surface area contributed by atoms with Gasteiger partial charge in [-0.25, -0.2) is 8.42 Å². The Morgan fingerprint density at radius 1 is 1.21 bits per heavy atom. The van der Waals surface area contributed by atoms with Crippen molar-refractivity contribution in [1.82, 2.24) is 4.31 Å². The lowest BCUT2D eigenvalue weighted by Crippen LogP contribution is -2.37. The molecule has 0 unspecified atom stereocenters. The van der Waals surface area contributed by atoms with E-state index in [1.54, 1.807) is 27.4 Å². The molecular formula is C18H26N2O3S. The van der Waals surface area contributed by atoms with Crippen LogP contribution in [0.5, 0.6) is 0 Å². The third-order valence-corrected chi connectivity index (χ3v) is 7.11. The van der Waals surface area contributed by atoms with E-state index in [0.29, 0.717) is 36.7 Å². The summed E-state index contributed by atoms with van der Waals surface area (Å²) in [7, 11) is -3.44. The lowest BCUT2D eigenvalue weighted by atomic mass is 10.0. The van der Waals surface area contributed by atoms with Crippen LogP contribution in [0.15, 0.2) is 23.1 Å². The molecule has 0 aliphatic carbocycles. The molecule has 2 aliphatic rings. The highest BCUT2D eigenvalue weighted by atomic mass is 32.2. The van der Waals surface area contributed by atoms with E-state index < -0.39 is 10.0 Å². The molecule has 1 aromatic rings. The zero-order valence-corrected chi connectivity index (χ0v) is 15.5. The summed E-state index contributed by atoms with van der Waals surface area (Å²) in [6.45, 7) is 7.21. The van der Waals surface area contributed by atoms with Crippen molar-refractivity contribution in [2.24, 2.45) is 5.92 Å². The van der Waals surface area contributed by atoms with Gasteiger partial charge in [0.05, 0.1) is 4.90 Å². The number of anilines is 1. The number of rotatable bonds is 3. The molecule has 1 atom stereocenters. The number of benzene rings is 1. The first-order chi connectivity index (χ1) is 11.3. The first-order valence-electron chi connectivity index (χ1n) is 8.79. The lowest BCUT2D eigenvalue weighted by molar-refractivity contribution is -0.118. The maximum Gasteiger partial charge on any atom is 0.243 e. The van der Waals surface area contributed by atoms with Gasteiger partial charge >= 0.3 is 0 Å². The van der Waals surface area contributed by atoms with Crippen LogP contribution < -0.4 is 4.90 Å². The van der Waals surface area contributed by atoms with Crippen molar-refractivity contribution in [3.63, 3.8) is 0 Å². The van der Waals surface area contributed by atoms with Gasteiger partial charge in [-0.3, -0.25) is 4.79 Å². The van der Waals surface area contributed by atoms with Crippen LogP contribution in [-0.2, 0) is 21.2 Å². The Bertz CT molecular complexity index is 737. The average Bonchev–Trinajstić information content (AvgIpc) is 2.89. The molecule has 1 aromatic carbocycles. The highest BCUT2D eigenvalue weighted by Gasteiger charge is 2.33. The SMILES string of the molecule is CCC(=O)N1c2ccc(S(=O)(=O)N3CCC(C)CC3)cc2C[C@H]1C. The van der Waals surface area contributed by atoms with Crippen molar-refractivity contribution in [2.75, 3.05) is 18.0 Å². The van der Waals surface area contributed by atoms with Crippen LogP contribution in [0.25, 0.3) is 0 Å². The smallest absolute Gasteiger partial charge is 0.243 e. The fourth-order valence-electron chi connectivity index (χ4n) is 3.69. The van der Waals surface area contributed by atoms with E-state index in [2.05, 4.69) is 6.92 Å². The third kappa shape index (κ3) is 2.97. The van der Waals surface area contributed by atoms with Crippen LogP contribution in [0, 0.1) is 5.92 Å². The van der Waals surface area contributed by atoms with Gasteiger partial charge in [-0.15, -0.1) is 0 Å². The van der Waals surface area contributed by atoms with E-state index in [4.69, 9.17) is 0 Å². The minimum atomic E-state index is -3.44. The Kier molecular flexibility index (Phi) is 4.71. The second-order valence-electron chi connectivity index (χ2n) is 7.05. The number of sulfonamides is 1. The van der Waals surface area contributed by atoms with Crippen molar-refractivity contribution in [2.45, 2.75) is 57.4 Å². The van der Waals surface area contributed by atoms with Crippen molar-refractivity contribution < 1.29 is 13.2 Å². The van der Waals surface area contributed by atoms with Crippen LogP contribution in [0.2, 0.25) is 0 Å². The lowest BCUT2D eigenvalue weighted by Gasteiger charge is -2.29. The average molecular weight is 350 g/mol. The van der Waals surface area contributed by atoms with Crippen LogP contribution >= 0.6 is 0 Å². The van der Waals surface area contributed by atoms with Gasteiger partial charge in [0.1, 0.15) is 0 Å². The van der Waals surface area contributed by atoms with E-state index in [1.165, 1.54) is 0 Å². The summed E-state index contributed by atoms with van der Waals surface area (Å²) in [5.74, 6) is 0.674. The minimum absolute atomic E-state index is 0.0845. The zero-order chi connectivity index (χ0) is 17.5. The Labute approximate surface area is 144 Å². The van der Waals surface area contributed by atoms with E-state index in [-0.39, 0.29) is 11.9 Å². The summed E-state index contributed by atoms with van der Waals surface area (Å²) in [5.41, 5.74) is 1.82. The Morgan fingerprint density at radius 3 is 2.50 bits per heavy atom. The highest BCUT2D eigenvalue weighted by molar-refractivity contribution is 7.89. The highest BCUT2D eigenvalue weighted by Crippen LogP contribution is 2.35. The number of carbonyl (C=O) groups excluding carboxylic acids is 1. The van der Waals surface area contributed by atoms with E-state index in [9.17, 15) is 13.2 Å². The third-order valence-electron chi connectivity index (χ3n) is 5.22. The molecule has 6 heteroatoms. The fraction of sp³-hybridized carbons (Fsp3) is 0.611. The number of hydrogen-bond donors (Lipinski definition) is 0. The Hall–Kier alpha value is -1.40. The van der Waals surface area contributed by atoms with Crippen LogP contribution in [0.4, 0.5) is 5.69 Å². The molecule has 0 N–H and O–H groups in total. The second kappa shape index (κ2) is 6.48. The maximum atomic E-state index is 12.9. The molecular weight excluding hydrogens is 324 g/mol. The first kappa shape index (κ1) is 17.4. The maximum absolute atomic E-state index is 12.9. The number of amides is 1. The van der Waals surface area contributed by atoms with Crippen LogP contribution in [0.1, 0.15) is 45.6 Å². The molecule has 1 saturated heterocycles. The Balaban J connectivity index is 1.90.